The molecule has 16 heavy (non-hydrogen) atoms. The average molecular weight is 309 g/mol. The molecule has 0 unspecified atom stereocenters. The third kappa shape index (κ3) is 3.98. The van der Waals surface area contributed by atoms with Gasteiger partial charge in [0.05, 0.1) is 11.5 Å². The number of nitrogens with zero attached hydrogens (tertiary/aromatic N) is 1. The van der Waals surface area contributed by atoms with Gasteiger partial charge in [-0.15, -0.1) is 0 Å². The molecular formula is C10H11BrClNO3. The van der Waals surface area contributed by atoms with Gasteiger partial charge in [0.1, 0.15) is 10.8 Å². The summed E-state index contributed by atoms with van der Waals surface area (Å²) in [4.78, 5) is 9.99. The normalized spacial score (nSPS) is 10.1. The summed E-state index contributed by atoms with van der Waals surface area (Å²) in [7, 11) is 0. The molecule has 0 aliphatic heterocycles. The minimum atomic E-state index is -0.517. The van der Waals surface area contributed by atoms with Crippen molar-refractivity contribution in [3.63, 3.8) is 0 Å². The zero-order valence-corrected chi connectivity index (χ0v) is 10.8. The predicted molar refractivity (Wildman–Crippen MR) is 66.6 cm³/mol. The van der Waals surface area contributed by atoms with Gasteiger partial charge in [0, 0.05) is 17.5 Å². The predicted octanol–water partition coefficient (Wildman–Crippen LogP) is 3.80. The number of nitro groups is 1. The Morgan fingerprint density at radius 1 is 1.44 bits per heavy atom. The Labute approximate surface area is 107 Å². The summed E-state index contributed by atoms with van der Waals surface area (Å²) in [6, 6.07) is 4.37. The lowest BCUT2D eigenvalue weighted by Gasteiger charge is -2.05. The van der Waals surface area contributed by atoms with E-state index in [-0.39, 0.29) is 10.7 Å². The molecular weight excluding hydrogens is 297 g/mol. The highest BCUT2D eigenvalue weighted by Crippen LogP contribution is 2.28. The summed E-state index contributed by atoms with van der Waals surface area (Å²) in [6.07, 6.45) is 1.96. The van der Waals surface area contributed by atoms with Gasteiger partial charge >= 0.3 is 0 Å². The van der Waals surface area contributed by atoms with E-state index in [9.17, 15) is 10.1 Å². The molecule has 0 spiro atoms. The minimum Gasteiger partial charge on any atom is -0.494 e. The van der Waals surface area contributed by atoms with E-state index in [1.807, 2.05) is 0 Å². The van der Waals surface area contributed by atoms with Crippen LogP contribution in [0.3, 0.4) is 0 Å². The van der Waals surface area contributed by atoms with E-state index in [1.54, 1.807) is 6.07 Å². The van der Waals surface area contributed by atoms with E-state index in [1.165, 1.54) is 12.1 Å². The molecule has 6 heteroatoms. The lowest BCUT2D eigenvalue weighted by molar-refractivity contribution is -0.384. The van der Waals surface area contributed by atoms with Crippen molar-refractivity contribution < 1.29 is 9.66 Å². The SMILES string of the molecule is O=[N+]([O-])c1ccc(OCCCCBr)cc1Cl. The summed E-state index contributed by atoms with van der Waals surface area (Å²) in [5.41, 5.74) is -0.102. The maximum absolute atomic E-state index is 10.5. The van der Waals surface area contributed by atoms with E-state index in [4.69, 9.17) is 16.3 Å². The number of unbranched alkanes of at least 4 members (excludes halogenated alkanes) is 1. The summed E-state index contributed by atoms with van der Waals surface area (Å²) in [5.74, 6) is 0.560. The Bertz CT molecular complexity index is 373. The standard InChI is InChI=1S/C10H11BrClNO3/c11-5-1-2-6-16-8-3-4-10(13(14)15)9(12)7-8/h3-4,7H,1-2,5-6H2. The molecule has 0 bridgehead atoms. The maximum Gasteiger partial charge on any atom is 0.288 e. The summed E-state index contributed by atoms with van der Waals surface area (Å²) in [5, 5.41) is 11.5. The first kappa shape index (κ1) is 13.3. The second-order valence-corrected chi connectivity index (χ2v) is 4.32. The van der Waals surface area contributed by atoms with Crippen LogP contribution >= 0.6 is 27.5 Å². The third-order valence-corrected chi connectivity index (χ3v) is 2.78. The van der Waals surface area contributed by atoms with Crippen LogP contribution in [-0.2, 0) is 0 Å². The molecule has 0 atom stereocenters. The molecule has 0 aromatic heterocycles. The van der Waals surface area contributed by atoms with Crippen LogP contribution in [0.2, 0.25) is 5.02 Å². The van der Waals surface area contributed by atoms with E-state index in [0.717, 1.165) is 18.2 Å². The van der Waals surface area contributed by atoms with Gasteiger partial charge in [-0.25, -0.2) is 0 Å². The number of halogens is 2. The largest absolute Gasteiger partial charge is 0.494 e. The van der Waals surface area contributed by atoms with Gasteiger partial charge < -0.3 is 4.74 Å². The van der Waals surface area contributed by atoms with E-state index < -0.39 is 4.92 Å². The fourth-order valence-corrected chi connectivity index (χ4v) is 1.75. The first-order valence-corrected chi connectivity index (χ1v) is 6.28. The molecule has 0 saturated heterocycles. The second-order valence-electron chi connectivity index (χ2n) is 3.11. The van der Waals surface area contributed by atoms with Crippen molar-refractivity contribution in [1.82, 2.24) is 0 Å². The zero-order chi connectivity index (χ0) is 12.0. The van der Waals surface area contributed by atoms with Gasteiger partial charge in [0.15, 0.2) is 0 Å². The first-order chi connectivity index (χ1) is 7.65. The van der Waals surface area contributed by atoms with Crippen molar-refractivity contribution in [1.29, 1.82) is 0 Å². The molecule has 1 rings (SSSR count). The number of hydrogen-bond acceptors (Lipinski definition) is 3. The number of alkyl halides is 1. The molecule has 4 nitrogen and oxygen atoms in total. The monoisotopic (exact) mass is 307 g/mol. The number of ether oxygens (including phenoxy) is 1. The topological polar surface area (TPSA) is 52.4 Å². The van der Waals surface area contributed by atoms with Gasteiger partial charge in [-0.1, -0.05) is 27.5 Å². The molecule has 0 N–H and O–H groups in total. The molecule has 0 amide bonds. The van der Waals surface area contributed by atoms with Gasteiger partial charge in [0.2, 0.25) is 0 Å². The minimum absolute atomic E-state index is 0.1000. The lowest BCUT2D eigenvalue weighted by Crippen LogP contribution is -1.98. The Kier molecular flexibility index (Phi) is 5.55. The smallest absolute Gasteiger partial charge is 0.288 e. The number of hydrogen-bond donors (Lipinski definition) is 0. The highest BCUT2D eigenvalue weighted by Gasteiger charge is 2.12. The second kappa shape index (κ2) is 6.70. The Morgan fingerprint density at radius 2 is 2.19 bits per heavy atom. The Morgan fingerprint density at radius 3 is 2.75 bits per heavy atom. The van der Waals surface area contributed by atoms with Crippen molar-refractivity contribution in [3.8, 4) is 5.75 Å². The third-order valence-electron chi connectivity index (χ3n) is 1.91. The van der Waals surface area contributed by atoms with Crippen molar-refractivity contribution in [2.75, 3.05) is 11.9 Å². The van der Waals surface area contributed by atoms with Crippen LogP contribution < -0.4 is 4.74 Å². The van der Waals surface area contributed by atoms with E-state index >= 15 is 0 Å². The van der Waals surface area contributed by atoms with Crippen LogP contribution in [0.15, 0.2) is 18.2 Å². The quantitative estimate of drug-likeness (QED) is 0.347. The van der Waals surface area contributed by atoms with Gasteiger partial charge in [-0.3, -0.25) is 10.1 Å². The Hall–Kier alpha value is -0.810. The van der Waals surface area contributed by atoms with Gasteiger partial charge in [-0.05, 0) is 18.9 Å². The lowest BCUT2D eigenvalue weighted by atomic mass is 10.3. The van der Waals surface area contributed by atoms with Crippen LogP contribution in [0.5, 0.6) is 5.75 Å². The maximum atomic E-state index is 10.5. The fourth-order valence-electron chi connectivity index (χ4n) is 1.11. The highest BCUT2D eigenvalue weighted by atomic mass is 79.9. The summed E-state index contributed by atoms with van der Waals surface area (Å²) in [6.45, 7) is 0.583. The molecule has 88 valence electrons. The Balaban J connectivity index is 2.56. The molecule has 0 aliphatic rings. The summed E-state index contributed by atoms with van der Waals surface area (Å²) < 4.78 is 5.40. The van der Waals surface area contributed by atoms with Gasteiger partial charge in [0.25, 0.3) is 5.69 Å². The van der Waals surface area contributed by atoms with Crippen LogP contribution in [0, 0.1) is 10.1 Å². The highest BCUT2D eigenvalue weighted by molar-refractivity contribution is 9.09. The van der Waals surface area contributed by atoms with Crippen molar-refractivity contribution >= 4 is 33.2 Å². The first-order valence-electron chi connectivity index (χ1n) is 4.78. The van der Waals surface area contributed by atoms with Crippen LogP contribution in [0.4, 0.5) is 5.69 Å². The van der Waals surface area contributed by atoms with Crippen molar-refractivity contribution in [3.05, 3.63) is 33.3 Å². The molecule has 0 fully saturated rings. The average Bonchev–Trinajstić information content (AvgIpc) is 2.24. The number of rotatable bonds is 6. The molecule has 0 aliphatic carbocycles. The number of benzene rings is 1. The van der Waals surface area contributed by atoms with E-state index in [0.29, 0.717) is 12.4 Å². The van der Waals surface area contributed by atoms with Crippen molar-refractivity contribution in [2.24, 2.45) is 0 Å². The molecule has 0 heterocycles. The van der Waals surface area contributed by atoms with E-state index in [2.05, 4.69) is 15.9 Å². The molecule has 0 saturated carbocycles. The molecule has 1 aromatic rings. The molecule has 0 radical (unpaired) electrons. The van der Waals surface area contributed by atoms with Crippen LogP contribution in [0.1, 0.15) is 12.8 Å². The fraction of sp³-hybridized carbons (Fsp3) is 0.400. The van der Waals surface area contributed by atoms with Crippen LogP contribution in [0.25, 0.3) is 0 Å². The number of nitro benzene ring substituents is 1. The van der Waals surface area contributed by atoms with Crippen molar-refractivity contribution in [2.45, 2.75) is 12.8 Å². The van der Waals surface area contributed by atoms with Crippen LogP contribution in [-0.4, -0.2) is 16.9 Å². The zero-order valence-electron chi connectivity index (χ0n) is 8.49. The summed E-state index contributed by atoms with van der Waals surface area (Å²) >= 11 is 9.06. The molecule has 1 aromatic carbocycles. The van der Waals surface area contributed by atoms with Gasteiger partial charge in [-0.2, -0.15) is 0 Å².